The highest BCUT2D eigenvalue weighted by atomic mass is 15.2. The number of nitrogens with one attached hydrogen (secondary N) is 1. The van der Waals surface area contributed by atoms with Gasteiger partial charge in [0.25, 0.3) is 0 Å². The van der Waals surface area contributed by atoms with E-state index in [2.05, 4.69) is 23.7 Å². The molecule has 0 aromatic rings. The Kier molecular flexibility index (Phi) is 2.43. The van der Waals surface area contributed by atoms with Gasteiger partial charge in [-0.25, -0.2) is 0 Å². The smallest absolute Gasteiger partial charge is 0.0187 e. The maximum atomic E-state index is 3.98. The molecule has 0 aromatic heterocycles. The number of rotatable bonds is 2. The molecule has 2 heterocycles. The number of likely N-dealkylation sites (tertiary alicyclic amines) is 1. The van der Waals surface area contributed by atoms with Crippen molar-refractivity contribution in [1.29, 1.82) is 0 Å². The normalized spacial score (nSPS) is 34.5. The molecule has 2 heteroatoms. The van der Waals surface area contributed by atoms with Crippen LogP contribution in [-0.2, 0) is 0 Å². The molecule has 0 radical (unpaired) electrons. The van der Waals surface area contributed by atoms with Crippen LogP contribution in [0.5, 0.6) is 0 Å². The van der Waals surface area contributed by atoms with Crippen LogP contribution in [0.3, 0.4) is 0 Å². The van der Waals surface area contributed by atoms with E-state index in [9.17, 15) is 0 Å². The van der Waals surface area contributed by atoms with Gasteiger partial charge in [0.2, 0.25) is 0 Å². The van der Waals surface area contributed by atoms with Crippen LogP contribution in [0.25, 0.3) is 0 Å². The van der Waals surface area contributed by atoms with Gasteiger partial charge in [0.05, 0.1) is 0 Å². The third-order valence-electron chi connectivity index (χ3n) is 3.34. The molecule has 1 atom stereocenters. The molecule has 0 saturated carbocycles. The summed E-state index contributed by atoms with van der Waals surface area (Å²) < 4.78 is 0. The van der Waals surface area contributed by atoms with E-state index in [1.807, 2.05) is 0 Å². The van der Waals surface area contributed by atoms with Crippen molar-refractivity contribution in [1.82, 2.24) is 10.2 Å². The Morgan fingerprint density at radius 3 is 3.00 bits per heavy atom. The predicted molar refractivity (Wildman–Crippen MR) is 55.8 cm³/mol. The Morgan fingerprint density at radius 1 is 1.54 bits per heavy atom. The van der Waals surface area contributed by atoms with Crippen LogP contribution in [0.1, 0.15) is 19.8 Å². The third kappa shape index (κ3) is 1.94. The van der Waals surface area contributed by atoms with Gasteiger partial charge < -0.3 is 5.32 Å². The Bertz CT molecular complexity index is 204. The first kappa shape index (κ1) is 9.22. The van der Waals surface area contributed by atoms with Crippen LogP contribution in [0, 0.1) is 5.41 Å². The molecule has 1 spiro atoms. The van der Waals surface area contributed by atoms with Crippen molar-refractivity contribution < 1.29 is 0 Å². The average molecular weight is 180 g/mol. The van der Waals surface area contributed by atoms with Gasteiger partial charge in [0.1, 0.15) is 0 Å². The highest BCUT2D eigenvalue weighted by Gasteiger charge is 2.39. The van der Waals surface area contributed by atoms with Crippen molar-refractivity contribution in [3.05, 3.63) is 12.2 Å². The zero-order chi connectivity index (χ0) is 9.31. The summed E-state index contributed by atoms with van der Waals surface area (Å²) in [6, 6.07) is 0. The first-order chi connectivity index (χ1) is 6.20. The van der Waals surface area contributed by atoms with Gasteiger partial charge in [-0.1, -0.05) is 12.2 Å². The van der Waals surface area contributed by atoms with Gasteiger partial charge in [-0.3, -0.25) is 4.90 Å². The molecule has 0 aromatic carbocycles. The van der Waals surface area contributed by atoms with Gasteiger partial charge in [-0.05, 0) is 38.3 Å². The predicted octanol–water partition coefficient (Wildman–Crippen LogP) is 1.25. The van der Waals surface area contributed by atoms with E-state index in [0.717, 1.165) is 6.54 Å². The van der Waals surface area contributed by atoms with Crippen LogP contribution in [0.15, 0.2) is 12.2 Å². The maximum absolute atomic E-state index is 3.98. The van der Waals surface area contributed by atoms with Gasteiger partial charge in [-0.2, -0.15) is 0 Å². The average Bonchev–Trinajstić information content (AvgIpc) is 2.63. The summed E-state index contributed by atoms with van der Waals surface area (Å²) in [4.78, 5) is 2.55. The molecule has 1 unspecified atom stereocenters. The molecule has 2 aliphatic heterocycles. The van der Waals surface area contributed by atoms with Crippen molar-refractivity contribution >= 4 is 0 Å². The van der Waals surface area contributed by atoms with E-state index in [0.29, 0.717) is 5.41 Å². The lowest BCUT2D eigenvalue weighted by atomic mass is 9.87. The van der Waals surface area contributed by atoms with E-state index in [1.165, 1.54) is 44.6 Å². The fourth-order valence-corrected chi connectivity index (χ4v) is 2.69. The Hall–Kier alpha value is -0.340. The van der Waals surface area contributed by atoms with Crippen molar-refractivity contribution in [2.75, 3.05) is 32.7 Å². The van der Waals surface area contributed by atoms with Crippen LogP contribution < -0.4 is 5.32 Å². The molecular weight excluding hydrogens is 160 g/mol. The summed E-state index contributed by atoms with van der Waals surface area (Å²) in [6.45, 7) is 12.2. The first-order valence-electron chi connectivity index (χ1n) is 5.28. The minimum Gasteiger partial charge on any atom is -0.316 e. The Balaban J connectivity index is 1.89. The van der Waals surface area contributed by atoms with Crippen molar-refractivity contribution in [2.45, 2.75) is 19.8 Å². The van der Waals surface area contributed by atoms with E-state index >= 15 is 0 Å². The zero-order valence-electron chi connectivity index (χ0n) is 8.60. The SMILES string of the molecule is C=C(C)CN1CCC2(CCNC2)C1. The number of nitrogens with zero attached hydrogens (tertiary/aromatic N) is 1. The summed E-state index contributed by atoms with van der Waals surface area (Å²) in [5.41, 5.74) is 1.91. The number of hydrogen-bond donors (Lipinski definition) is 1. The topological polar surface area (TPSA) is 15.3 Å². The number of hydrogen-bond acceptors (Lipinski definition) is 2. The molecule has 2 rings (SSSR count). The molecule has 2 nitrogen and oxygen atoms in total. The fourth-order valence-electron chi connectivity index (χ4n) is 2.69. The molecule has 0 bridgehead atoms. The van der Waals surface area contributed by atoms with Gasteiger partial charge >= 0.3 is 0 Å². The summed E-state index contributed by atoms with van der Waals surface area (Å²) >= 11 is 0. The highest BCUT2D eigenvalue weighted by Crippen LogP contribution is 2.35. The van der Waals surface area contributed by atoms with E-state index in [1.54, 1.807) is 0 Å². The van der Waals surface area contributed by atoms with Crippen LogP contribution in [0.4, 0.5) is 0 Å². The molecule has 1 N–H and O–H groups in total. The monoisotopic (exact) mass is 180 g/mol. The summed E-state index contributed by atoms with van der Waals surface area (Å²) in [5, 5.41) is 3.48. The fraction of sp³-hybridized carbons (Fsp3) is 0.818. The molecule has 2 saturated heterocycles. The van der Waals surface area contributed by atoms with E-state index in [4.69, 9.17) is 0 Å². The zero-order valence-corrected chi connectivity index (χ0v) is 8.60. The van der Waals surface area contributed by atoms with Crippen LogP contribution in [0.2, 0.25) is 0 Å². The van der Waals surface area contributed by atoms with E-state index in [-0.39, 0.29) is 0 Å². The molecule has 2 fully saturated rings. The van der Waals surface area contributed by atoms with Gasteiger partial charge in [0.15, 0.2) is 0 Å². The molecule has 0 aliphatic carbocycles. The van der Waals surface area contributed by atoms with Crippen LogP contribution >= 0.6 is 0 Å². The van der Waals surface area contributed by atoms with Crippen molar-refractivity contribution in [3.8, 4) is 0 Å². The lowest BCUT2D eigenvalue weighted by molar-refractivity contribution is 0.289. The standard InChI is InChI=1S/C11H20N2/c1-10(2)7-13-6-4-11(9-13)3-5-12-8-11/h12H,1,3-9H2,2H3. The Morgan fingerprint density at radius 2 is 2.38 bits per heavy atom. The van der Waals surface area contributed by atoms with E-state index < -0.39 is 0 Å². The Labute approximate surface area is 81.0 Å². The highest BCUT2D eigenvalue weighted by molar-refractivity contribution is 5.00. The second kappa shape index (κ2) is 3.43. The summed E-state index contributed by atoms with van der Waals surface area (Å²) in [5.74, 6) is 0. The molecule has 2 aliphatic rings. The minimum absolute atomic E-state index is 0.620. The second-order valence-corrected chi connectivity index (χ2v) is 4.84. The third-order valence-corrected chi connectivity index (χ3v) is 3.34. The lowest BCUT2D eigenvalue weighted by Gasteiger charge is -2.22. The molecular formula is C11H20N2. The van der Waals surface area contributed by atoms with Gasteiger partial charge in [0, 0.05) is 19.6 Å². The van der Waals surface area contributed by atoms with Crippen LogP contribution in [-0.4, -0.2) is 37.6 Å². The van der Waals surface area contributed by atoms with Gasteiger partial charge in [-0.15, -0.1) is 0 Å². The molecule has 13 heavy (non-hydrogen) atoms. The quantitative estimate of drug-likeness (QED) is 0.643. The molecule has 0 amide bonds. The van der Waals surface area contributed by atoms with Crippen molar-refractivity contribution in [2.24, 2.45) is 5.41 Å². The summed E-state index contributed by atoms with van der Waals surface area (Å²) in [7, 11) is 0. The second-order valence-electron chi connectivity index (χ2n) is 4.84. The lowest BCUT2D eigenvalue weighted by Crippen LogP contribution is -2.29. The minimum atomic E-state index is 0.620. The molecule has 74 valence electrons. The first-order valence-corrected chi connectivity index (χ1v) is 5.28. The maximum Gasteiger partial charge on any atom is 0.0187 e. The van der Waals surface area contributed by atoms with Crippen molar-refractivity contribution in [3.63, 3.8) is 0 Å². The largest absolute Gasteiger partial charge is 0.316 e. The summed E-state index contributed by atoms with van der Waals surface area (Å²) in [6.07, 6.45) is 2.76.